The van der Waals surface area contributed by atoms with Crippen LogP contribution in [-0.4, -0.2) is 27.5 Å². The third kappa shape index (κ3) is 5.15. The van der Waals surface area contributed by atoms with Gasteiger partial charge >= 0.3 is 0 Å². The highest BCUT2D eigenvalue weighted by Crippen LogP contribution is 2.34. The summed E-state index contributed by atoms with van der Waals surface area (Å²) in [6.07, 6.45) is 1.60. The third-order valence-electron chi connectivity index (χ3n) is 5.42. The second-order valence-corrected chi connectivity index (χ2v) is 10.4. The number of fused-ring (bicyclic) bond motifs is 1. The molecule has 0 aliphatic carbocycles. The van der Waals surface area contributed by atoms with Crippen LogP contribution in [0.4, 0.5) is 11.4 Å². The van der Waals surface area contributed by atoms with Crippen LogP contribution in [0.2, 0.25) is 5.02 Å². The van der Waals surface area contributed by atoms with Crippen LogP contribution in [0.3, 0.4) is 0 Å². The van der Waals surface area contributed by atoms with Crippen molar-refractivity contribution in [1.29, 1.82) is 0 Å². The largest absolute Gasteiger partial charge is 0.482 e. The number of nitrogens with one attached hydrogen (secondary N) is 1. The van der Waals surface area contributed by atoms with Gasteiger partial charge in [-0.3, -0.25) is 9.10 Å². The Bertz CT molecular complexity index is 1290. The lowest BCUT2D eigenvalue weighted by Gasteiger charge is -2.30. The summed E-state index contributed by atoms with van der Waals surface area (Å²) >= 11 is 6.32. The van der Waals surface area contributed by atoms with E-state index in [0.29, 0.717) is 17.9 Å². The molecule has 3 aromatic carbocycles. The van der Waals surface area contributed by atoms with Crippen LogP contribution in [0.25, 0.3) is 0 Å². The SMILES string of the molecule is Cc1cc(C)cc(NC(=O)COc2ccc(S(=O)(=O)N3CCCc4ccccc43)cc2Cl)c1. The van der Waals surface area contributed by atoms with E-state index in [2.05, 4.69) is 5.32 Å². The summed E-state index contributed by atoms with van der Waals surface area (Å²) in [7, 11) is -3.78. The van der Waals surface area contributed by atoms with Crippen LogP contribution in [0.1, 0.15) is 23.1 Å². The summed E-state index contributed by atoms with van der Waals surface area (Å²) < 4.78 is 33.6. The van der Waals surface area contributed by atoms with E-state index in [1.807, 2.05) is 56.3 Å². The molecule has 0 radical (unpaired) electrons. The smallest absolute Gasteiger partial charge is 0.264 e. The van der Waals surface area contributed by atoms with Crippen LogP contribution >= 0.6 is 11.6 Å². The Morgan fingerprint density at radius 2 is 1.79 bits per heavy atom. The molecule has 1 heterocycles. The number of carbonyl (C=O) groups excluding carboxylic acids is 1. The predicted molar refractivity (Wildman–Crippen MR) is 131 cm³/mol. The molecule has 33 heavy (non-hydrogen) atoms. The first-order chi connectivity index (χ1) is 15.7. The maximum atomic E-state index is 13.3. The Hall–Kier alpha value is -3.03. The zero-order chi connectivity index (χ0) is 23.6. The number of amides is 1. The van der Waals surface area contributed by atoms with E-state index in [0.717, 1.165) is 29.5 Å². The first kappa shape index (κ1) is 23.1. The number of para-hydroxylation sites is 1. The van der Waals surface area contributed by atoms with Crippen molar-refractivity contribution in [1.82, 2.24) is 0 Å². The fourth-order valence-electron chi connectivity index (χ4n) is 4.02. The van der Waals surface area contributed by atoms with Gasteiger partial charge < -0.3 is 10.1 Å². The van der Waals surface area contributed by atoms with E-state index in [9.17, 15) is 13.2 Å². The zero-order valence-corrected chi connectivity index (χ0v) is 20.0. The molecule has 0 bridgehead atoms. The molecule has 0 saturated heterocycles. The van der Waals surface area contributed by atoms with Crippen LogP contribution in [-0.2, 0) is 21.2 Å². The quantitative estimate of drug-likeness (QED) is 0.527. The van der Waals surface area contributed by atoms with Crippen LogP contribution in [0, 0.1) is 13.8 Å². The molecule has 6 nitrogen and oxygen atoms in total. The predicted octanol–water partition coefficient (Wildman–Crippen LogP) is 5.12. The molecule has 1 aliphatic heterocycles. The average Bonchev–Trinajstić information content (AvgIpc) is 2.77. The minimum Gasteiger partial charge on any atom is -0.482 e. The summed E-state index contributed by atoms with van der Waals surface area (Å²) in [4.78, 5) is 12.4. The van der Waals surface area contributed by atoms with Crippen LogP contribution in [0.15, 0.2) is 65.6 Å². The second kappa shape index (κ2) is 9.45. The molecular formula is C25H25ClN2O4S. The van der Waals surface area contributed by atoms with E-state index in [4.69, 9.17) is 16.3 Å². The monoisotopic (exact) mass is 484 g/mol. The van der Waals surface area contributed by atoms with Gasteiger partial charge in [0.2, 0.25) is 0 Å². The van der Waals surface area contributed by atoms with Crippen molar-refractivity contribution in [2.45, 2.75) is 31.6 Å². The molecule has 0 fully saturated rings. The molecule has 1 N–H and O–H groups in total. The molecule has 0 spiro atoms. The van der Waals surface area contributed by atoms with Crippen molar-refractivity contribution in [2.24, 2.45) is 0 Å². The van der Waals surface area contributed by atoms with Gasteiger partial charge in [-0.15, -0.1) is 0 Å². The number of anilines is 2. The Morgan fingerprint density at radius 3 is 2.52 bits per heavy atom. The Kier molecular flexibility index (Phi) is 6.63. The Labute approximate surface area is 199 Å². The first-order valence-corrected chi connectivity index (χ1v) is 12.5. The lowest BCUT2D eigenvalue weighted by atomic mass is 10.0. The molecule has 0 saturated carbocycles. The number of hydrogen-bond donors (Lipinski definition) is 1. The topological polar surface area (TPSA) is 75.7 Å². The number of sulfonamides is 1. The summed E-state index contributed by atoms with van der Waals surface area (Å²) in [5.41, 5.74) is 4.48. The molecule has 8 heteroatoms. The van der Waals surface area contributed by atoms with Crippen LogP contribution < -0.4 is 14.4 Å². The molecule has 172 valence electrons. The zero-order valence-electron chi connectivity index (χ0n) is 18.5. The van der Waals surface area contributed by atoms with Crippen molar-refractivity contribution in [2.75, 3.05) is 22.8 Å². The molecule has 1 amide bonds. The number of rotatable bonds is 6. The van der Waals surface area contributed by atoms with Gasteiger partial charge in [0.1, 0.15) is 5.75 Å². The summed E-state index contributed by atoms with van der Waals surface area (Å²) in [6, 6.07) is 17.6. The number of nitrogens with zero attached hydrogens (tertiary/aromatic N) is 1. The lowest BCUT2D eigenvalue weighted by molar-refractivity contribution is -0.118. The van der Waals surface area contributed by atoms with E-state index in [1.54, 1.807) is 0 Å². The number of hydrogen-bond acceptors (Lipinski definition) is 4. The van der Waals surface area contributed by atoms with Crippen molar-refractivity contribution < 1.29 is 17.9 Å². The molecule has 0 atom stereocenters. The van der Waals surface area contributed by atoms with Gasteiger partial charge in [0.05, 0.1) is 15.6 Å². The van der Waals surface area contributed by atoms with Gasteiger partial charge in [0.25, 0.3) is 15.9 Å². The lowest BCUT2D eigenvalue weighted by Crippen LogP contribution is -2.35. The number of benzene rings is 3. The Morgan fingerprint density at radius 1 is 1.06 bits per heavy atom. The highest BCUT2D eigenvalue weighted by molar-refractivity contribution is 7.92. The first-order valence-electron chi connectivity index (χ1n) is 10.7. The number of carbonyl (C=O) groups is 1. The van der Waals surface area contributed by atoms with Crippen molar-refractivity contribution in [3.8, 4) is 5.75 Å². The number of ether oxygens (including phenoxy) is 1. The Balaban J connectivity index is 1.46. The number of aryl methyl sites for hydroxylation is 3. The third-order valence-corrected chi connectivity index (χ3v) is 7.53. The summed E-state index contributed by atoms with van der Waals surface area (Å²) in [6.45, 7) is 4.07. The van der Waals surface area contributed by atoms with Crippen LogP contribution in [0.5, 0.6) is 5.75 Å². The van der Waals surface area contributed by atoms with Crippen molar-refractivity contribution in [3.63, 3.8) is 0 Å². The van der Waals surface area contributed by atoms with E-state index >= 15 is 0 Å². The molecule has 3 aromatic rings. The van der Waals surface area contributed by atoms with Crippen molar-refractivity contribution in [3.05, 3.63) is 82.4 Å². The fourth-order valence-corrected chi connectivity index (χ4v) is 5.89. The van der Waals surface area contributed by atoms with Gasteiger partial charge in [-0.25, -0.2) is 8.42 Å². The molecule has 4 rings (SSSR count). The van der Waals surface area contributed by atoms with E-state index in [-0.39, 0.29) is 28.2 Å². The standard InChI is InChI=1S/C25H25ClN2O4S/c1-17-12-18(2)14-20(13-17)27-25(29)16-32-24-10-9-21(15-22(24)26)33(30,31)28-11-5-7-19-6-3-4-8-23(19)28/h3-4,6,8-10,12-15H,5,7,11,16H2,1-2H3,(H,27,29). The molecule has 0 unspecified atom stereocenters. The van der Waals surface area contributed by atoms with Gasteiger partial charge in [-0.05, 0) is 79.8 Å². The normalized spacial score (nSPS) is 13.4. The second-order valence-electron chi connectivity index (χ2n) is 8.11. The minimum absolute atomic E-state index is 0.0799. The fraction of sp³-hybridized carbons (Fsp3) is 0.240. The van der Waals surface area contributed by atoms with E-state index in [1.165, 1.54) is 22.5 Å². The highest BCUT2D eigenvalue weighted by Gasteiger charge is 2.29. The average molecular weight is 485 g/mol. The minimum atomic E-state index is -3.78. The number of halogens is 1. The van der Waals surface area contributed by atoms with Gasteiger partial charge in [-0.2, -0.15) is 0 Å². The maximum absolute atomic E-state index is 13.3. The van der Waals surface area contributed by atoms with Gasteiger partial charge in [-0.1, -0.05) is 35.9 Å². The molecular weight excluding hydrogens is 460 g/mol. The molecule has 0 aromatic heterocycles. The molecule has 1 aliphatic rings. The van der Waals surface area contributed by atoms with Gasteiger partial charge in [0, 0.05) is 12.2 Å². The summed E-state index contributed by atoms with van der Waals surface area (Å²) in [5.74, 6) is -0.0945. The van der Waals surface area contributed by atoms with Crippen molar-refractivity contribution >= 4 is 38.9 Å². The maximum Gasteiger partial charge on any atom is 0.264 e. The van der Waals surface area contributed by atoms with E-state index < -0.39 is 10.0 Å². The highest BCUT2D eigenvalue weighted by atomic mass is 35.5. The van der Waals surface area contributed by atoms with Gasteiger partial charge in [0.15, 0.2) is 6.61 Å². The summed E-state index contributed by atoms with van der Waals surface area (Å²) in [5, 5.41) is 2.92.